The van der Waals surface area contributed by atoms with Gasteiger partial charge in [-0.25, -0.2) is 0 Å². The van der Waals surface area contributed by atoms with Crippen molar-refractivity contribution in [2.75, 3.05) is 20.3 Å². The maximum Gasteiger partial charge on any atom is 0.0462 e. The number of hydrogen-bond acceptors (Lipinski definition) is 2. The van der Waals surface area contributed by atoms with E-state index in [0.717, 1.165) is 31.0 Å². The maximum absolute atomic E-state index is 6.07. The molecule has 0 fully saturated rings. The van der Waals surface area contributed by atoms with Crippen LogP contribution in [0.15, 0.2) is 24.3 Å². The van der Waals surface area contributed by atoms with Crippen molar-refractivity contribution in [1.82, 2.24) is 5.32 Å². The van der Waals surface area contributed by atoms with E-state index in [2.05, 4.69) is 31.3 Å². The molecule has 18 heavy (non-hydrogen) atoms. The quantitative estimate of drug-likeness (QED) is 0.724. The van der Waals surface area contributed by atoms with Gasteiger partial charge in [0.1, 0.15) is 0 Å². The number of nitrogens with one attached hydrogen (secondary N) is 1. The predicted octanol–water partition coefficient (Wildman–Crippen LogP) is 3.85. The van der Waals surface area contributed by atoms with Gasteiger partial charge >= 0.3 is 0 Å². The molecule has 0 spiro atoms. The van der Waals surface area contributed by atoms with E-state index in [1.807, 2.05) is 12.1 Å². The zero-order valence-corrected chi connectivity index (χ0v) is 12.3. The highest BCUT2D eigenvalue weighted by molar-refractivity contribution is 6.30. The second kappa shape index (κ2) is 8.52. The van der Waals surface area contributed by atoms with E-state index in [1.54, 1.807) is 7.11 Å². The number of methoxy groups -OCH3 is 1. The van der Waals surface area contributed by atoms with Gasteiger partial charge in [-0.15, -0.1) is 0 Å². The van der Waals surface area contributed by atoms with E-state index >= 15 is 0 Å². The molecular weight excluding hydrogens is 246 g/mol. The first-order valence-corrected chi connectivity index (χ1v) is 6.99. The largest absolute Gasteiger partial charge is 0.385 e. The molecule has 1 N–H and O–H groups in total. The van der Waals surface area contributed by atoms with Crippen molar-refractivity contribution in [3.05, 3.63) is 34.9 Å². The molecule has 0 aliphatic rings. The van der Waals surface area contributed by atoms with Gasteiger partial charge in [-0.05, 0) is 36.5 Å². The molecule has 0 radical (unpaired) electrons. The minimum Gasteiger partial charge on any atom is -0.385 e. The zero-order chi connectivity index (χ0) is 13.4. The van der Waals surface area contributed by atoms with Crippen LogP contribution in [0, 0.1) is 0 Å². The Morgan fingerprint density at radius 2 is 2.11 bits per heavy atom. The molecule has 0 amide bonds. The van der Waals surface area contributed by atoms with Crippen molar-refractivity contribution in [3.63, 3.8) is 0 Å². The lowest BCUT2D eigenvalue weighted by atomic mass is 9.94. The zero-order valence-electron chi connectivity index (χ0n) is 11.6. The molecular formula is C15H24ClNO. The summed E-state index contributed by atoms with van der Waals surface area (Å²) in [5.41, 5.74) is 1.31. The lowest BCUT2D eigenvalue weighted by molar-refractivity contribution is 0.190. The predicted molar refractivity (Wildman–Crippen MR) is 78.4 cm³/mol. The number of benzene rings is 1. The second-order valence-corrected chi connectivity index (χ2v) is 5.39. The first kappa shape index (κ1) is 15.5. The summed E-state index contributed by atoms with van der Waals surface area (Å²) in [5.74, 6) is 0.501. The Morgan fingerprint density at radius 1 is 1.33 bits per heavy atom. The number of ether oxygens (including phenoxy) is 1. The second-order valence-electron chi connectivity index (χ2n) is 4.95. The fourth-order valence-corrected chi connectivity index (χ4v) is 2.20. The summed E-state index contributed by atoms with van der Waals surface area (Å²) >= 11 is 6.07. The van der Waals surface area contributed by atoms with Crippen molar-refractivity contribution in [1.29, 1.82) is 0 Å². The number of halogens is 1. The minimum atomic E-state index is 0.501. The highest BCUT2D eigenvalue weighted by Crippen LogP contribution is 2.23. The van der Waals surface area contributed by atoms with Crippen LogP contribution in [0.2, 0.25) is 5.02 Å². The third-order valence-electron chi connectivity index (χ3n) is 2.99. The van der Waals surface area contributed by atoms with Gasteiger partial charge in [0.05, 0.1) is 0 Å². The third-order valence-corrected chi connectivity index (χ3v) is 3.23. The van der Waals surface area contributed by atoms with Crippen LogP contribution in [0.5, 0.6) is 0 Å². The molecule has 0 saturated carbocycles. The van der Waals surface area contributed by atoms with Gasteiger partial charge in [0.25, 0.3) is 0 Å². The van der Waals surface area contributed by atoms with Gasteiger partial charge in [0.2, 0.25) is 0 Å². The lowest BCUT2D eigenvalue weighted by Gasteiger charge is -2.20. The monoisotopic (exact) mass is 269 g/mol. The van der Waals surface area contributed by atoms with E-state index in [-0.39, 0.29) is 0 Å². The van der Waals surface area contributed by atoms with Crippen LogP contribution in [-0.4, -0.2) is 26.3 Å². The van der Waals surface area contributed by atoms with Gasteiger partial charge in [-0.3, -0.25) is 0 Å². The van der Waals surface area contributed by atoms with Crippen LogP contribution in [-0.2, 0) is 4.74 Å². The summed E-state index contributed by atoms with van der Waals surface area (Å²) in [6.07, 6.45) is 2.20. The molecule has 0 bridgehead atoms. The van der Waals surface area contributed by atoms with Crippen molar-refractivity contribution in [3.8, 4) is 0 Å². The Kier molecular flexibility index (Phi) is 7.33. The molecule has 1 unspecified atom stereocenters. The average molecular weight is 270 g/mol. The van der Waals surface area contributed by atoms with Gasteiger partial charge in [0, 0.05) is 31.3 Å². The molecule has 0 saturated heterocycles. The van der Waals surface area contributed by atoms with Crippen molar-refractivity contribution in [2.45, 2.75) is 38.6 Å². The SMILES string of the molecule is COCCCC(CNC(C)C)c1cccc(Cl)c1. The highest BCUT2D eigenvalue weighted by atomic mass is 35.5. The van der Waals surface area contributed by atoms with E-state index < -0.39 is 0 Å². The minimum absolute atomic E-state index is 0.501. The lowest BCUT2D eigenvalue weighted by Crippen LogP contribution is -2.28. The average Bonchev–Trinajstić information content (AvgIpc) is 2.33. The Morgan fingerprint density at radius 3 is 2.72 bits per heavy atom. The molecule has 0 aliphatic carbocycles. The first-order valence-electron chi connectivity index (χ1n) is 6.61. The van der Waals surface area contributed by atoms with E-state index in [4.69, 9.17) is 16.3 Å². The van der Waals surface area contributed by atoms with Crippen LogP contribution < -0.4 is 5.32 Å². The molecule has 0 heterocycles. The van der Waals surface area contributed by atoms with Crippen LogP contribution in [0.1, 0.15) is 38.2 Å². The summed E-state index contributed by atoms with van der Waals surface area (Å²) in [4.78, 5) is 0. The fraction of sp³-hybridized carbons (Fsp3) is 0.600. The van der Waals surface area contributed by atoms with Crippen LogP contribution in [0.4, 0.5) is 0 Å². The van der Waals surface area contributed by atoms with Gasteiger partial charge in [0.15, 0.2) is 0 Å². The molecule has 1 aromatic carbocycles. The molecule has 0 aromatic heterocycles. The molecule has 1 atom stereocenters. The normalized spacial score (nSPS) is 12.9. The highest BCUT2D eigenvalue weighted by Gasteiger charge is 2.12. The smallest absolute Gasteiger partial charge is 0.0462 e. The number of hydrogen-bond donors (Lipinski definition) is 1. The van der Waals surface area contributed by atoms with Crippen molar-refractivity contribution >= 4 is 11.6 Å². The summed E-state index contributed by atoms with van der Waals surface area (Å²) < 4.78 is 5.13. The van der Waals surface area contributed by atoms with Crippen molar-refractivity contribution < 1.29 is 4.74 Å². The number of rotatable bonds is 8. The maximum atomic E-state index is 6.07. The summed E-state index contributed by atoms with van der Waals surface area (Å²) in [6.45, 7) is 6.15. The van der Waals surface area contributed by atoms with Crippen LogP contribution in [0.25, 0.3) is 0 Å². The van der Waals surface area contributed by atoms with E-state index in [0.29, 0.717) is 12.0 Å². The van der Waals surface area contributed by atoms with Crippen LogP contribution in [0.3, 0.4) is 0 Å². The van der Waals surface area contributed by atoms with Crippen molar-refractivity contribution in [2.24, 2.45) is 0 Å². The Bertz CT molecular complexity index is 341. The van der Waals surface area contributed by atoms with Crippen LogP contribution >= 0.6 is 11.6 Å². The van der Waals surface area contributed by atoms with E-state index in [9.17, 15) is 0 Å². The first-order chi connectivity index (χ1) is 8.63. The standard InChI is InChI=1S/C15H24ClNO/c1-12(2)17-11-14(7-5-9-18-3)13-6-4-8-15(16)10-13/h4,6,8,10,12,14,17H,5,7,9,11H2,1-3H3. The molecule has 1 aromatic rings. The molecule has 2 nitrogen and oxygen atoms in total. The molecule has 1 rings (SSSR count). The summed E-state index contributed by atoms with van der Waals surface area (Å²) in [5, 5.41) is 4.32. The fourth-order valence-electron chi connectivity index (χ4n) is 2.00. The van der Waals surface area contributed by atoms with E-state index in [1.165, 1.54) is 5.56 Å². The van der Waals surface area contributed by atoms with Gasteiger partial charge < -0.3 is 10.1 Å². The van der Waals surface area contributed by atoms with Gasteiger partial charge in [-0.2, -0.15) is 0 Å². The topological polar surface area (TPSA) is 21.3 Å². The Labute approximate surface area is 116 Å². The molecule has 102 valence electrons. The summed E-state index contributed by atoms with van der Waals surface area (Å²) in [7, 11) is 1.75. The summed E-state index contributed by atoms with van der Waals surface area (Å²) in [6, 6.07) is 8.68. The molecule has 0 aliphatic heterocycles. The Hall–Kier alpha value is -0.570. The Balaban J connectivity index is 2.63. The third kappa shape index (κ3) is 5.85. The van der Waals surface area contributed by atoms with Gasteiger partial charge in [-0.1, -0.05) is 37.6 Å². The molecule has 3 heteroatoms.